The van der Waals surface area contributed by atoms with Crippen molar-refractivity contribution in [3.8, 4) is 0 Å². The summed E-state index contributed by atoms with van der Waals surface area (Å²) in [6.45, 7) is 0.320. The molecule has 90 valence electrons. The normalized spacial score (nSPS) is 11.4. The predicted octanol–water partition coefficient (Wildman–Crippen LogP) is 0.798. The molecule has 2 aromatic rings. The first-order valence-corrected chi connectivity index (χ1v) is 7.03. The molecule has 0 aliphatic rings. The Morgan fingerprint density at radius 3 is 2.65 bits per heavy atom. The highest BCUT2D eigenvalue weighted by Crippen LogP contribution is 2.22. The minimum Gasteiger partial charge on any atom is -0.326 e. The Kier molecular flexibility index (Phi) is 3.36. The van der Waals surface area contributed by atoms with Crippen molar-refractivity contribution in [3.05, 3.63) is 35.7 Å². The number of aromatic nitrogens is 2. The molecular formula is C9H10N4O2S2. The van der Waals surface area contributed by atoms with E-state index in [9.17, 15) is 8.42 Å². The molecule has 8 heteroatoms. The van der Waals surface area contributed by atoms with Gasteiger partial charge in [-0.15, -0.1) is 11.3 Å². The lowest BCUT2D eigenvalue weighted by Crippen LogP contribution is -2.11. The molecule has 0 radical (unpaired) electrons. The highest BCUT2D eigenvalue weighted by atomic mass is 32.2. The number of hydrogen-bond donors (Lipinski definition) is 2. The number of hydrogen-bond acceptors (Lipinski definition) is 6. The maximum Gasteiger partial charge on any atom is 0.271 e. The molecule has 0 saturated heterocycles. The predicted molar refractivity (Wildman–Crippen MR) is 65.1 cm³/mol. The van der Waals surface area contributed by atoms with Crippen LogP contribution in [0.15, 0.2) is 34.4 Å². The zero-order valence-corrected chi connectivity index (χ0v) is 10.3. The van der Waals surface area contributed by atoms with Crippen LogP contribution in [0, 0.1) is 0 Å². The van der Waals surface area contributed by atoms with Crippen LogP contribution in [-0.2, 0) is 16.6 Å². The van der Waals surface area contributed by atoms with Crippen molar-refractivity contribution in [1.29, 1.82) is 0 Å². The minimum atomic E-state index is -3.57. The van der Waals surface area contributed by atoms with Gasteiger partial charge in [-0.1, -0.05) is 0 Å². The molecule has 3 N–H and O–H groups in total. The summed E-state index contributed by atoms with van der Waals surface area (Å²) < 4.78 is 26.5. The Hall–Kier alpha value is -1.51. The van der Waals surface area contributed by atoms with Crippen LogP contribution in [0.4, 0.5) is 5.69 Å². The van der Waals surface area contributed by atoms with Crippen molar-refractivity contribution in [1.82, 2.24) is 9.97 Å². The van der Waals surface area contributed by atoms with Gasteiger partial charge in [-0.2, -0.15) is 0 Å². The summed E-state index contributed by atoms with van der Waals surface area (Å²) in [5.74, 6) is 0. The lowest BCUT2D eigenvalue weighted by Gasteiger charge is -2.04. The molecule has 6 nitrogen and oxygen atoms in total. The van der Waals surface area contributed by atoms with Crippen LogP contribution in [0.1, 0.15) is 5.56 Å². The molecule has 0 spiro atoms. The van der Waals surface area contributed by atoms with E-state index < -0.39 is 10.0 Å². The summed E-state index contributed by atoms with van der Waals surface area (Å²) in [6.07, 6.45) is 4.11. The summed E-state index contributed by atoms with van der Waals surface area (Å²) in [5, 5.41) is 1.72. The molecule has 0 fully saturated rings. The summed E-state index contributed by atoms with van der Waals surface area (Å²) in [5.41, 5.74) is 6.55. The zero-order chi connectivity index (χ0) is 12.3. The van der Waals surface area contributed by atoms with Gasteiger partial charge in [-0.25, -0.2) is 18.4 Å². The van der Waals surface area contributed by atoms with Crippen molar-refractivity contribution in [3.63, 3.8) is 0 Å². The molecular weight excluding hydrogens is 260 g/mol. The van der Waals surface area contributed by atoms with E-state index in [-0.39, 0.29) is 4.21 Å². The Morgan fingerprint density at radius 1 is 1.35 bits per heavy atom. The average molecular weight is 270 g/mol. The van der Waals surface area contributed by atoms with Gasteiger partial charge < -0.3 is 5.73 Å². The quantitative estimate of drug-likeness (QED) is 0.856. The summed E-state index contributed by atoms with van der Waals surface area (Å²) in [7, 11) is -3.57. The third-order valence-electron chi connectivity index (χ3n) is 1.94. The zero-order valence-electron chi connectivity index (χ0n) is 8.70. The molecule has 0 saturated carbocycles. The topological polar surface area (TPSA) is 98.0 Å². The van der Waals surface area contributed by atoms with E-state index in [4.69, 9.17) is 5.73 Å². The van der Waals surface area contributed by atoms with Crippen LogP contribution in [0.2, 0.25) is 0 Å². The van der Waals surface area contributed by atoms with E-state index in [0.29, 0.717) is 12.2 Å². The Morgan fingerprint density at radius 2 is 2.06 bits per heavy atom. The molecule has 0 unspecified atom stereocenters. The summed E-state index contributed by atoms with van der Waals surface area (Å²) in [6, 6.07) is 1.55. The molecule has 0 aliphatic carbocycles. The number of rotatable bonds is 4. The number of nitrogens with one attached hydrogen (secondary N) is 1. The molecule has 0 amide bonds. The maximum atomic E-state index is 11.9. The first-order valence-electron chi connectivity index (χ1n) is 4.67. The second kappa shape index (κ2) is 4.78. The SMILES string of the molecule is NCc1csc(S(=O)(=O)Nc2cncnc2)c1. The van der Waals surface area contributed by atoms with Crippen molar-refractivity contribution in [2.45, 2.75) is 10.8 Å². The number of sulfonamides is 1. The highest BCUT2D eigenvalue weighted by Gasteiger charge is 2.16. The van der Waals surface area contributed by atoms with Gasteiger partial charge in [0.05, 0.1) is 18.1 Å². The van der Waals surface area contributed by atoms with Gasteiger partial charge in [-0.3, -0.25) is 4.72 Å². The fraction of sp³-hybridized carbons (Fsp3) is 0.111. The lowest BCUT2D eigenvalue weighted by atomic mass is 10.4. The number of nitrogens with zero attached hydrogens (tertiary/aromatic N) is 2. The molecule has 2 heterocycles. The monoisotopic (exact) mass is 270 g/mol. The maximum absolute atomic E-state index is 11.9. The van der Waals surface area contributed by atoms with Crippen LogP contribution in [0.5, 0.6) is 0 Å². The fourth-order valence-electron chi connectivity index (χ4n) is 1.16. The third kappa shape index (κ3) is 2.78. The molecule has 17 heavy (non-hydrogen) atoms. The molecule has 0 aromatic carbocycles. The van der Waals surface area contributed by atoms with E-state index in [1.54, 1.807) is 11.4 Å². The Bertz CT molecular complexity index is 594. The number of nitrogens with two attached hydrogens (primary N) is 1. The van der Waals surface area contributed by atoms with Gasteiger partial charge in [0.1, 0.15) is 10.5 Å². The van der Waals surface area contributed by atoms with Crippen LogP contribution >= 0.6 is 11.3 Å². The van der Waals surface area contributed by atoms with Crippen molar-refractivity contribution in [2.24, 2.45) is 5.73 Å². The standard InChI is InChI=1S/C9H10N4O2S2/c10-2-7-1-9(16-5-7)17(14,15)13-8-3-11-6-12-4-8/h1,3-6,13H,2,10H2. The van der Waals surface area contributed by atoms with Crippen LogP contribution in [-0.4, -0.2) is 18.4 Å². The molecule has 2 rings (SSSR count). The van der Waals surface area contributed by atoms with Crippen molar-refractivity contribution >= 4 is 27.0 Å². The Balaban J connectivity index is 2.25. The molecule has 0 atom stereocenters. The largest absolute Gasteiger partial charge is 0.326 e. The Labute approximate surface area is 103 Å². The van der Waals surface area contributed by atoms with E-state index in [1.165, 1.54) is 18.7 Å². The van der Waals surface area contributed by atoms with E-state index in [0.717, 1.165) is 16.9 Å². The van der Waals surface area contributed by atoms with Gasteiger partial charge >= 0.3 is 0 Å². The highest BCUT2D eigenvalue weighted by molar-refractivity contribution is 7.94. The van der Waals surface area contributed by atoms with Crippen LogP contribution in [0.3, 0.4) is 0 Å². The van der Waals surface area contributed by atoms with Gasteiger partial charge in [0.2, 0.25) is 0 Å². The minimum absolute atomic E-state index is 0.224. The van der Waals surface area contributed by atoms with Crippen molar-refractivity contribution in [2.75, 3.05) is 4.72 Å². The lowest BCUT2D eigenvalue weighted by molar-refractivity contribution is 0.603. The first kappa shape index (κ1) is 12.0. The second-order valence-corrected chi connectivity index (χ2v) is 6.03. The summed E-state index contributed by atoms with van der Waals surface area (Å²) >= 11 is 1.13. The smallest absolute Gasteiger partial charge is 0.271 e. The molecule has 2 aromatic heterocycles. The van der Waals surface area contributed by atoms with Gasteiger partial charge in [0.15, 0.2) is 0 Å². The average Bonchev–Trinajstić information content (AvgIpc) is 2.79. The third-order valence-corrected chi connectivity index (χ3v) is 4.81. The van der Waals surface area contributed by atoms with Gasteiger partial charge in [0, 0.05) is 6.54 Å². The van der Waals surface area contributed by atoms with Gasteiger partial charge in [-0.05, 0) is 17.0 Å². The first-order chi connectivity index (χ1) is 8.12. The second-order valence-electron chi connectivity index (χ2n) is 3.21. The van der Waals surface area contributed by atoms with E-state index >= 15 is 0 Å². The van der Waals surface area contributed by atoms with E-state index in [2.05, 4.69) is 14.7 Å². The van der Waals surface area contributed by atoms with Gasteiger partial charge in [0.25, 0.3) is 10.0 Å². The van der Waals surface area contributed by atoms with Crippen LogP contribution < -0.4 is 10.5 Å². The van der Waals surface area contributed by atoms with E-state index in [1.807, 2.05) is 0 Å². The summed E-state index contributed by atoms with van der Waals surface area (Å²) in [4.78, 5) is 7.46. The molecule has 0 bridgehead atoms. The molecule has 0 aliphatic heterocycles. The number of thiophene rings is 1. The fourth-order valence-corrected chi connectivity index (χ4v) is 3.41. The van der Waals surface area contributed by atoms with Crippen LogP contribution in [0.25, 0.3) is 0 Å². The van der Waals surface area contributed by atoms with Crippen molar-refractivity contribution < 1.29 is 8.42 Å². The number of anilines is 1.